The molecule has 0 fully saturated rings. The van der Waals surface area contributed by atoms with Gasteiger partial charge in [0.05, 0.1) is 11.0 Å². The second-order valence-electron chi connectivity index (χ2n) is 5.30. The second kappa shape index (κ2) is 7.12. The van der Waals surface area contributed by atoms with Gasteiger partial charge >= 0.3 is 0 Å². The molecule has 0 bridgehead atoms. The predicted octanol–water partition coefficient (Wildman–Crippen LogP) is 2.21. The highest BCUT2D eigenvalue weighted by molar-refractivity contribution is 7.89. The number of hydrogen-bond acceptors (Lipinski definition) is 6. The van der Waals surface area contributed by atoms with Crippen LogP contribution in [0.4, 0.5) is 5.69 Å². The Balaban J connectivity index is 2.06. The molecular formula is C15H18N2O6S. The number of aliphatic hydroxyl groups is 1. The van der Waals surface area contributed by atoms with Gasteiger partial charge in [-0.1, -0.05) is 12.1 Å². The topological polar surface area (TPSA) is 123 Å². The Labute approximate surface area is 139 Å². The second-order valence-corrected chi connectivity index (χ2v) is 7.03. The van der Waals surface area contributed by atoms with Crippen molar-refractivity contribution >= 4 is 15.7 Å². The Bertz CT molecular complexity index is 843. The highest BCUT2D eigenvalue weighted by Crippen LogP contribution is 2.25. The van der Waals surface area contributed by atoms with Gasteiger partial charge in [-0.2, -0.15) is 0 Å². The third-order valence-electron chi connectivity index (χ3n) is 3.50. The average molecular weight is 354 g/mol. The molecule has 24 heavy (non-hydrogen) atoms. The van der Waals surface area contributed by atoms with Crippen LogP contribution in [0.5, 0.6) is 0 Å². The lowest BCUT2D eigenvalue weighted by atomic mass is 10.1. The Morgan fingerprint density at radius 2 is 2.00 bits per heavy atom. The van der Waals surface area contributed by atoms with Crippen LogP contribution in [0.25, 0.3) is 0 Å². The fourth-order valence-electron chi connectivity index (χ4n) is 2.38. The van der Waals surface area contributed by atoms with E-state index >= 15 is 0 Å². The molecule has 2 rings (SSSR count). The number of aliphatic hydroxyl groups excluding tert-OH is 1. The van der Waals surface area contributed by atoms with Gasteiger partial charge in [-0.15, -0.1) is 0 Å². The van der Waals surface area contributed by atoms with Crippen LogP contribution < -0.4 is 4.72 Å². The molecule has 8 nitrogen and oxygen atoms in total. The van der Waals surface area contributed by atoms with Crippen LogP contribution in [-0.2, 0) is 10.0 Å². The number of hydrogen-bond donors (Lipinski definition) is 2. The van der Waals surface area contributed by atoms with E-state index in [1.165, 1.54) is 18.2 Å². The lowest BCUT2D eigenvalue weighted by Gasteiger charge is -2.11. The van der Waals surface area contributed by atoms with Crippen molar-refractivity contribution in [3.05, 3.63) is 57.5 Å². The first kappa shape index (κ1) is 18.1. The molecule has 0 saturated carbocycles. The van der Waals surface area contributed by atoms with Crippen LogP contribution >= 0.6 is 0 Å². The molecule has 2 N–H and O–H groups in total. The Morgan fingerprint density at radius 1 is 1.33 bits per heavy atom. The van der Waals surface area contributed by atoms with Crippen LogP contribution in [-0.4, -0.2) is 25.0 Å². The minimum Gasteiger partial charge on any atom is -0.466 e. The number of nitro groups is 1. The molecule has 130 valence electrons. The van der Waals surface area contributed by atoms with Crippen molar-refractivity contribution in [1.82, 2.24) is 4.72 Å². The lowest BCUT2D eigenvalue weighted by molar-refractivity contribution is -0.387. The third kappa shape index (κ3) is 3.99. The van der Waals surface area contributed by atoms with Gasteiger partial charge in [-0.25, -0.2) is 13.1 Å². The van der Waals surface area contributed by atoms with E-state index in [1.807, 2.05) is 0 Å². The number of aryl methyl sites for hydroxylation is 2. The Kier molecular flexibility index (Phi) is 5.37. The first-order chi connectivity index (χ1) is 11.2. The van der Waals surface area contributed by atoms with E-state index in [4.69, 9.17) is 4.42 Å². The number of rotatable bonds is 7. The van der Waals surface area contributed by atoms with Crippen LogP contribution in [0.15, 0.2) is 39.6 Å². The van der Waals surface area contributed by atoms with Crippen LogP contribution in [0, 0.1) is 24.0 Å². The van der Waals surface area contributed by atoms with E-state index in [0.717, 1.165) is 6.07 Å². The van der Waals surface area contributed by atoms with Gasteiger partial charge in [0.2, 0.25) is 10.0 Å². The zero-order valence-corrected chi connectivity index (χ0v) is 14.0. The summed E-state index contributed by atoms with van der Waals surface area (Å²) in [5.74, 6) is 1.23. The smallest absolute Gasteiger partial charge is 0.289 e. The van der Waals surface area contributed by atoms with Crippen molar-refractivity contribution in [3.63, 3.8) is 0 Å². The van der Waals surface area contributed by atoms with E-state index in [1.54, 1.807) is 19.9 Å². The first-order valence-corrected chi connectivity index (χ1v) is 8.69. The molecule has 0 aliphatic rings. The van der Waals surface area contributed by atoms with E-state index in [-0.39, 0.29) is 13.0 Å². The molecule has 1 aromatic carbocycles. The highest BCUT2D eigenvalue weighted by Gasteiger charge is 2.25. The maximum absolute atomic E-state index is 12.2. The molecular weight excluding hydrogens is 336 g/mol. The van der Waals surface area contributed by atoms with E-state index < -0.39 is 31.6 Å². The van der Waals surface area contributed by atoms with Gasteiger partial charge in [0, 0.05) is 18.2 Å². The number of nitrogens with one attached hydrogen (secondary N) is 1. The van der Waals surface area contributed by atoms with Crippen molar-refractivity contribution < 1.29 is 22.9 Å². The number of nitrogens with zero attached hydrogens (tertiary/aromatic N) is 1. The Morgan fingerprint density at radius 3 is 2.58 bits per heavy atom. The fourth-order valence-corrected chi connectivity index (χ4v) is 3.60. The number of sulfonamides is 1. The zero-order chi connectivity index (χ0) is 17.9. The van der Waals surface area contributed by atoms with Crippen molar-refractivity contribution in [1.29, 1.82) is 0 Å². The van der Waals surface area contributed by atoms with Gasteiger partial charge in [-0.3, -0.25) is 10.1 Å². The summed E-state index contributed by atoms with van der Waals surface area (Å²) in [4.78, 5) is 9.79. The molecule has 1 heterocycles. The molecule has 0 aliphatic heterocycles. The minimum absolute atomic E-state index is 0.0702. The van der Waals surface area contributed by atoms with Gasteiger partial charge in [0.1, 0.15) is 11.5 Å². The predicted molar refractivity (Wildman–Crippen MR) is 86.0 cm³/mol. The molecule has 1 unspecified atom stereocenters. The minimum atomic E-state index is -4.04. The molecule has 0 aliphatic carbocycles. The van der Waals surface area contributed by atoms with Gasteiger partial charge in [-0.05, 0) is 32.4 Å². The van der Waals surface area contributed by atoms with Crippen molar-refractivity contribution in [3.8, 4) is 0 Å². The number of para-hydroxylation sites is 1. The third-order valence-corrected chi connectivity index (χ3v) is 5.01. The summed E-state index contributed by atoms with van der Waals surface area (Å²) in [5.41, 5.74) is 0.101. The molecule has 2 aromatic rings. The van der Waals surface area contributed by atoms with E-state index in [0.29, 0.717) is 17.1 Å². The maximum Gasteiger partial charge on any atom is 0.289 e. The zero-order valence-electron chi connectivity index (χ0n) is 13.2. The molecule has 0 spiro atoms. The molecule has 9 heteroatoms. The SMILES string of the molecule is Cc1cc(C(O)CCNS(=O)(=O)c2ccccc2[N+](=O)[O-])c(C)o1. The number of furan rings is 1. The lowest BCUT2D eigenvalue weighted by Crippen LogP contribution is -2.26. The quantitative estimate of drug-likeness (QED) is 0.580. The van der Waals surface area contributed by atoms with Crippen molar-refractivity contribution in [2.24, 2.45) is 0 Å². The standard InChI is InChI=1S/C15H18N2O6S/c1-10-9-12(11(2)23-10)14(18)7-8-16-24(21,22)15-6-4-3-5-13(15)17(19)20/h3-6,9,14,16,18H,7-8H2,1-2H3. The monoisotopic (exact) mass is 354 g/mol. The van der Waals surface area contributed by atoms with Gasteiger partial charge in [0.15, 0.2) is 4.90 Å². The maximum atomic E-state index is 12.2. The number of nitro benzene ring substituents is 1. The summed E-state index contributed by atoms with van der Waals surface area (Å²) in [6.07, 6.45) is -0.782. The van der Waals surface area contributed by atoms with E-state index in [9.17, 15) is 23.6 Å². The summed E-state index contributed by atoms with van der Waals surface area (Å²) < 4.78 is 32.1. The molecule has 0 saturated heterocycles. The largest absolute Gasteiger partial charge is 0.466 e. The molecule has 0 radical (unpaired) electrons. The summed E-state index contributed by atoms with van der Waals surface area (Å²) in [6, 6.07) is 6.79. The highest BCUT2D eigenvalue weighted by atomic mass is 32.2. The summed E-state index contributed by atoms with van der Waals surface area (Å²) >= 11 is 0. The van der Waals surface area contributed by atoms with E-state index in [2.05, 4.69) is 4.72 Å². The van der Waals surface area contributed by atoms with Gasteiger partial charge < -0.3 is 9.52 Å². The molecule has 0 amide bonds. The fraction of sp³-hybridized carbons (Fsp3) is 0.333. The van der Waals surface area contributed by atoms with Gasteiger partial charge in [0.25, 0.3) is 5.69 Å². The Hall–Kier alpha value is -2.23. The molecule has 1 aromatic heterocycles. The summed E-state index contributed by atoms with van der Waals surface area (Å²) in [5, 5.41) is 21.1. The van der Waals surface area contributed by atoms with Crippen LogP contribution in [0.1, 0.15) is 29.6 Å². The van der Waals surface area contributed by atoms with Crippen molar-refractivity contribution in [2.75, 3.05) is 6.54 Å². The molecule has 1 atom stereocenters. The average Bonchev–Trinajstić information content (AvgIpc) is 2.85. The normalized spacial score (nSPS) is 13.0. The summed E-state index contributed by atoms with van der Waals surface area (Å²) in [7, 11) is -4.04. The van der Waals surface area contributed by atoms with Crippen LogP contribution in [0.2, 0.25) is 0 Å². The summed E-state index contributed by atoms with van der Waals surface area (Å²) in [6.45, 7) is 3.39. The number of benzene rings is 1. The van der Waals surface area contributed by atoms with Crippen LogP contribution in [0.3, 0.4) is 0 Å². The van der Waals surface area contributed by atoms with Crippen molar-refractivity contribution in [2.45, 2.75) is 31.3 Å². The first-order valence-electron chi connectivity index (χ1n) is 7.20.